The van der Waals surface area contributed by atoms with E-state index in [9.17, 15) is 18.0 Å². The number of amides is 1. The molecule has 7 nitrogen and oxygen atoms in total. The number of carbonyl (C=O) groups is 1. The van der Waals surface area contributed by atoms with E-state index in [4.69, 9.17) is 4.52 Å². The largest absolute Gasteiger partial charge is 0.408 e. The zero-order chi connectivity index (χ0) is 17.9. The second-order valence-corrected chi connectivity index (χ2v) is 5.15. The molecule has 0 fully saturated rings. The van der Waals surface area contributed by atoms with Crippen LogP contribution >= 0.6 is 0 Å². The highest BCUT2D eigenvalue weighted by atomic mass is 19.4. The number of aromatic nitrogens is 4. The molecule has 3 aromatic rings. The van der Waals surface area contributed by atoms with Crippen LogP contribution < -0.4 is 5.32 Å². The summed E-state index contributed by atoms with van der Waals surface area (Å²) < 4.78 is 42.5. The van der Waals surface area contributed by atoms with Gasteiger partial charge in [0.25, 0.3) is 5.91 Å². The Morgan fingerprint density at radius 3 is 2.72 bits per heavy atom. The molecule has 1 aromatic carbocycles. The van der Waals surface area contributed by atoms with E-state index in [0.717, 1.165) is 11.8 Å². The van der Waals surface area contributed by atoms with Crippen LogP contribution in [0.5, 0.6) is 0 Å². The van der Waals surface area contributed by atoms with Gasteiger partial charge in [0, 0.05) is 11.6 Å². The molecule has 0 aliphatic heterocycles. The molecule has 1 N–H and O–H groups in total. The Morgan fingerprint density at radius 2 is 2.00 bits per heavy atom. The highest BCUT2D eigenvalue weighted by Crippen LogP contribution is 2.19. The summed E-state index contributed by atoms with van der Waals surface area (Å²) in [6, 6.07) is 10.9. The second-order valence-electron chi connectivity index (χ2n) is 5.15. The van der Waals surface area contributed by atoms with Crippen molar-refractivity contribution < 1.29 is 22.5 Å². The van der Waals surface area contributed by atoms with Crippen LogP contribution in [-0.4, -0.2) is 32.2 Å². The fourth-order valence-corrected chi connectivity index (χ4v) is 2.06. The molecular formula is C15H12F3N5O2. The minimum absolute atomic E-state index is 0.0430. The van der Waals surface area contributed by atoms with Crippen molar-refractivity contribution in [2.45, 2.75) is 19.3 Å². The van der Waals surface area contributed by atoms with Gasteiger partial charge in [-0.15, -0.1) is 5.10 Å². The van der Waals surface area contributed by atoms with Gasteiger partial charge in [0.1, 0.15) is 12.2 Å². The number of nitrogens with one attached hydrogen (secondary N) is 1. The fourth-order valence-electron chi connectivity index (χ4n) is 2.06. The van der Waals surface area contributed by atoms with Crippen LogP contribution in [0, 0.1) is 0 Å². The normalized spacial score (nSPS) is 11.5. The van der Waals surface area contributed by atoms with Crippen LogP contribution in [-0.2, 0) is 13.1 Å². The van der Waals surface area contributed by atoms with Gasteiger partial charge in [0.05, 0.1) is 12.7 Å². The second kappa shape index (κ2) is 6.75. The Balaban J connectivity index is 1.59. The molecule has 2 heterocycles. The average molecular weight is 351 g/mol. The van der Waals surface area contributed by atoms with Crippen molar-refractivity contribution in [2.75, 3.05) is 0 Å². The van der Waals surface area contributed by atoms with E-state index >= 15 is 0 Å². The summed E-state index contributed by atoms with van der Waals surface area (Å²) in [6.45, 7) is -1.27. The molecule has 0 atom stereocenters. The zero-order valence-corrected chi connectivity index (χ0v) is 12.7. The third kappa shape index (κ3) is 4.43. The van der Waals surface area contributed by atoms with Crippen molar-refractivity contribution in [3.8, 4) is 11.3 Å². The van der Waals surface area contributed by atoms with Gasteiger partial charge in [-0.2, -0.15) is 13.2 Å². The van der Waals surface area contributed by atoms with Crippen LogP contribution in [0.25, 0.3) is 11.3 Å². The van der Waals surface area contributed by atoms with Crippen LogP contribution in [0.2, 0.25) is 0 Å². The number of rotatable bonds is 5. The molecule has 0 spiro atoms. The Morgan fingerprint density at radius 1 is 1.24 bits per heavy atom. The summed E-state index contributed by atoms with van der Waals surface area (Å²) in [5.41, 5.74) is 1.09. The zero-order valence-electron chi connectivity index (χ0n) is 12.7. The quantitative estimate of drug-likeness (QED) is 0.763. The number of carbonyl (C=O) groups excluding carboxylic acids is 1. The highest BCUT2D eigenvalue weighted by molar-refractivity contribution is 5.91. The van der Waals surface area contributed by atoms with Crippen molar-refractivity contribution in [1.82, 2.24) is 25.5 Å². The minimum atomic E-state index is -4.43. The lowest BCUT2D eigenvalue weighted by atomic mass is 10.2. The van der Waals surface area contributed by atoms with Gasteiger partial charge in [-0.3, -0.25) is 4.79 Å². The summed E-state index contributed by atoms with van der Waals surface area (Å²) in [7, 11) is 0. The smallest absolute Gasteiger partial charge is 0.356 e. The van der Waals surface area contributed by atoms with Gasteiger partial charge < -0.3 is 9.84 Å². The molecule has 0 aliphatic carbocycles. The maximum absolute atomic E-state index is 12.3. The third-order valence-electron chi connectivity index (χ3n) is 3.16. The third-order valence-corrected chi connectivity index (χ3v) is 3.16. The molecule has 0 unspecified atom stereocenters. The monoisotopic (exact) mass is 351 g/mol. The first-order chi connectivity index (χ1) is 11.9. The van der Waals surface area contributed by atoms with E-state index < -0.39 is 18.6 Å². The van der Waals surface area contributed by atoms with E-state index in [0.29, 0.717) is 16.1 Å². The van der Waals surface area contributed by atoms with Gasteiger partial charge in [-0.25, -0.2) is 4.68 Å². The fraction of sp³-hybridized carbons (Fsp3) is 0.200. The molecule has 0 saturated carbocycles. The van der Waals surface area contributed by atoms with E-state index in [1.165, 1.54) is 0 Å². The van der Waals surface area contributed by atoms with Crippen molar-refractivity contribution in [1.29, 1.82) is 0 Å². The molecule has 0 bridgehead atoms. The number of nitrogens with zero attached hydrogens (tertiary/aromatic N) is 4. The SMILES string of the molecule is O=C(NCc1cc(-c2ccccc2)on1)c1cn(CC(F)(F)F)nn1. The number of alkyl halides is 3. The van der Waals surface area contributed by atoms with Gasteiger partial charge in [-0.1, -0.05) is 40.7 Å². The molecule has 0 aliphatic rings. The summed E-state index contributed by atoms with van der Waals surface area (Å²) in [5.74, 6) is -0.112. The van der Waals surface area contributed by atoms with E-state index in [2.05, 4.69) is 20.8 Å². The first-order valence-electron chi connectivity index (χ1n) is 7.17. The molecule has 3 rings (SSSR count). The van der Waals surface area contributed by atoms with Crippen LogP contribution in [0.1, 0.15) is 16.2 Å². The highest BCUT2D eigenvalue weighted by Gasteiger charge is 2.29. The van der Waals surface area contributed by atoms with Crippen LogP contribution in [0.3, 0.4) is 0 Å². The number of hydrogen-bond acceptors (Lipinski definition) is 5. The molecular weight excluding hydrogens is 339 g/mol. The predicted octanol–water partition coefficient (Wildman–Crippen LogP) is 2.43. The Kier molecular flexibility index (Phi) is 4.50. The van der Waals surface area contributed by atoms with Gasteiger partial charge in [0.15, 0.2) is 11.5 Å². The number of hydrogen-bond donors (Lipinski definition) is 1. The molecule has 0 radical (unpaired) electrons. The Hall–Kier alpha value is -3.17. The summed E-state index contributed by atoms with van der Waals surface area (Å²) in [5, 5.41) is 13.0. The van der Waals surface area contributed by atoms with Crippen molar-refractivity contribution in [3.05, 3.63) is 54.0 Å². The van der Waals surface area contributed by atoms with Crippen LogP contribution in [0.4, 0.5) is 13.2 Å². The standard InChI is InChI=1S/C15H12F3N5O2/c16-15(17,18)9-23-8-12(20-22-23)14(24)19-7-11-6-13(25-21-11)10-4-2-1-3-5-10/h1-6,8H,7,9H2,(H,19,24). The lowest BCUT2D eigenvalue weighted by Crippen LogP contribution is -2.23. The molecule has 1 amide bonds. The predicted molar refractivity (Wildman–Crippen MR) is 79.2 cm³/mol. The minimum Gasteiger partial charge on any atom is -0.356 e. The number of benzene rings is 1. The van der Waals surface area contributed by atoms with Crippen molar-refractivity contribution >= 4 is 5.91 Å². The van der Waals surface area contributed by atoms with Crippen LogP contribution in [0.15, 0.2) is 47.1 Å². The molecule has 0 saturated heterocycles. The maximum Gasteiger partial charge on any atom is 0.408 e. The van der Waals surface area contributed by atoms with Gasteiger partial charge in [-0.05, 0) is 0 Å². The van der Waals surface area contributed by atoms with Gasteiger partial charge >= 0.3 is 6.18 Å². The lowest BCUT2D eigenvalue weighted by molar-refractivity contribution is -0.142. The molecule has 10 heteroatoms. The maximum atomic E-state index is 12.3. The average Bonchev–Trinajstić information content (AvgIpc) is 3.21. The lowest BCUT2D eigenvalue weighted by Gasteiger charge is -2.03. The first kappa shape index (κ1) is 16.7. The van der Waals surface area contributed by atoms with E-state index in [-0.39, 0.29) is 12.2 Å². The topological polar surface area (TPSA) is 85.8 Å². The van der Waals surface area contributed by atoms with Crippen molar-refractivity contribution in [3.63, 3.8) is 0 Å². The summed E-state index contributed by atoms with van der Waals surface area (Å²) in [4.78, 5) is 11.9. The summed E-state index contributed by atoms with van der Waals surface area (Å²) in [6.07, 6.45) is -3.50. The van der Waals surface area contributed by atoms with Crippen molar-refractivity contribution in [2.24, 2.45) is 0 Å². The molecule has 2 aromatic heterocycles. The molecule has 130 valence electrons. The Labute approximate surface area is 139 Å². The first-order valence-corrected chi connectivity index (χ1v) is 7.17. The summed E-state index contributed by atoms with van der Waals surface area (Å²) >= 11 is 0. The van der Waals surface area contributed by atoms with Gasteiger partial charge in [0.2, 0.25) is 0 Å². The van der Waals surface area contributed by atoms with E-state index in [1.54, 1.807) is 6.07 Å². The molecule has 25 heavy (non-hydrogen) atoms. The number of halogens is 3. The Bertz CT molecular complexity index is 857. The van der Waals surface area contributed by atoms with E-state index in [1.807, 2.05) is 30.3 Å².